The Morgan fingerprint density at radius 1 is 1.53 bits per heavy atom. The van der Waals surface area contributed by atoms with Crippen LogP contribution in [-0.4, -0.2) is 37.0 Å². The van der Waals surface area contributed by atoms with Gasteiger partial charge in [0.1, 0.15) is 5.84 Å². The fraction of sp³-hybridized carbons (Fsp3) is 0.917. The lowest BCUT2D eigenvalue weighted by Crippen LogP contribution is -2.33. The fourth-order valence-electron chi connectivity index (χ4n) is 1.74. The summed E-state index contributed by atoms with van der Waals surface area (Å²) in [5, 5.41) is 11.7. The summed E-state index contributed by atoms with van der Waals surface area (Å²) in [6.45, 7) is 5.96. The fourth-order valence-corrected chi connectivity index (χ4v) is 1.74. The second kappa shape index (κ2) is 6.81. The third kappa shape index (κ3) is 4.91. The predicted molar refractivity (Wildman–Crippen MR) is 66.2 cm³/mol. The second-order valence-corrected chi connectivity index (χ2v) is 5.18. The summed E-state index contributed by atoms with van der Waals surface area (Å²) in [5.74, 6) is 0.245. The molecule has 100 valence electrons. The first-order chi connectivity index (χ1) is 8.06. The first-order valence-corrected chi connectivity index (χ1v) is 6.23. The average molecular weight is 244 g/mol. The van der Waals surface area contributed by atoms with Crippen molar-refractivity contribution in [2.45, 2.75) is 45.6 Å². The number of ether oxygens (including phenoxy) is 2. The van der Waals surface area contributed by atoms with Gasteiger partial charge in [-0.05, 0) is 25.7 Å². The molecule has 1 aliphatic heterocycles. The van der Waals surface area contributed by atoms with E-state index in [0.29, 0.717) is 13.2 Å². The number of oxime groups is 1. The van der Waals surface area contributed by atoms with Crippen LogP contribution in [0.1, 0.15) is 39.5 Å². The van der Waals surface area contributed by atoms with E-state index in [1.54, 1.807) is 0 Å². The molecule has 17 heavy (non-hydrogen) atoms. The van der Waals surface area contributed by atoms with Crippen LogP contribution < -0.4 is 5.73 Å². The Bertz CT molecular complexity index is 248. The highest BCUT2D eigenvalue weighted by molar-refractivity contribution is 5.85. The van der Waals surface area contributed by atoms with Crippen LogP contribution in [0.15, 0.2) is 5.16 Å². The molecule has 1 unspecified atom stereocenters. The molecule has 1 fully saturated rings. The molecule has 0 saturated carbocycles. The lowest BCUT2D eigenvalue weighted by molar-refractivity contribution is -0.0429. The minimum atomic E-state index is -0.331. The smallest absolute Gasteiger partial charge is 0.144 e. The summed E-state index contributed by atoms with van der Waals surface area (Å²) in [5.41, 5.74) is 5.26. The van der Waals surface area contributed by atoms with E-state index in [1.165, 1.54) is 6.42 Å². The van der Waals surface area contributed by atoms with Crippen molar-refractivity contribution in [3.05, 3.63) is 0 Å². The molecule has 1 atom stereocenters. The van der Waals surface area contributed by atoms with E-state index in [1.807, 2.05) is 13.8 Å². The van der Waals surface area contributed by atoms with Crippen LogP contribution in [0.4, 0.5) is 0 Å². The van der Waals surface area contributed by atoms with Gasteiger partial charge in [0.15, 0.2) is 0 Å². The molecular formula is C12H24N2O3. The van der Waals surface area contributed by atoms with Crippen LogP contribution in [0.5, 0.6) is 0 Å². The number of nitrogens with zero attached hydrogens (tertiary/aromatic N) is 1. The van der Waals surface area contributed by atoms with Gasteiger partial charge in [0.25, 0.3) is 0 Å². The van der Waals surface area contributed by atoms with Crippen molar-refractivity contribution in [3.63, 3.8) is 0 Å². The first-order valence-electron chi connectivity index (χ1n) is 6.23. The zero-order valence-corrected chi connectivity index (χ0v) is 10.8. The highest BCUT2D eigenvalue weighted by atomic mass is 16.5. The van der Waals surface area contributed by atoms with Crippen molar-refractivity contribution in [1.29, 1.82) is 0 Å². The molecule has 0 aliphatic carbocycles. The first kappa shape index (κ1) is 14.3. The quantitative estimate of drug-likeness (QED) is 0.245. The highest BCUT2D eigenvalue weighted by Crippen LogP contribution is 2.20. The van der Waals surface area contributed by atoms with Gasteiger partial charge in [-0.25, -0.2) is 0 Å². The van der Waals surface area contributed by atoms with Crippen molar-refractivity contribution in [2.24, 2.45) is 16.3 Å². The lowest BCUT2D eigenvalue weighted by Gasteiger charge is -2.25. The van der Waals surface area contributed by atoms with E-state index in [-0.39, 0.29) is 17.4 Å². The Balaban J connectivity index is 2.14. The van der Waals surface area contributed by atoms with Crippen LogP contribution in [0.25, 0.3) is 0 Å². The summed E-state index contributed by atoms with van der Waals surface area (Å²) < 4.78 is 11.2. The van der Waals surface area contributed by atoms with Crippen molar-refractivity contribution < 1.29 is 14.7 Å². The summed E-state index contributed by atoms with van der Waals surface area (Å²) in [6.07, 6.45) is 4.45. The third-order valence-electron chi connectivity index (χ3n) is 3.25. The van der Waals surface area contributed by atoms with Crippen LogP contribution in [-0.2, 0) is 9.47 Å². The van der Waals surface area contributed by atoms with Gasteiger partial charge in [0, 0.05) is 18.6 Å². The van der Waals surface area contributed by atoms with Crippen molar-refractivity contribution in [1.82, 2.24) is 0 Å². The number of hydrogen-bond donors (Lipinski definition) is 2. The molecule has 0 radical (unpaired) electrons. The van der Waals surface area contributed by atoms with Crippen LogP contribution >= 0.6 is 0 Å². The maximum absolute atomic E-state index is 8.63. The zero-order valence-electron chi connectivity index (χ0n) is 10.8. The Hall–Kier alpha value is -0.810. The molecular weight excluding hydrogens is 220 g/mol. The molecule has 5 nitrogen and oxygen atoms in total. The number of nitrogens with two attached hydrogens (primary N) is 1. The topological polar surface area (TPSA) is 77.1 Å². The van der Waals surface area contributed by atoms with Gasteiger partial charge in [-0.15, -0.1) is 0 Å². The van der Waals surface area contributed by atoms with Gasteiger partial charge in [0.05, 0.1) is 12.7 Å². The van der Waals surface area contributed by atoms with Crippen LogP contribution in [0, 0.1) is 5.41 Å². The molecule has 0 amide bonds. The predicted octanol–water partition coefficient (Wildman–Crippen LogP) is 1.73. The Kier molecular flexibility index (Phi) is 5.71. The normalized spacial score (nSPS) is 22.7. The molecule has 0 bridgehead atoms. The van der Waals surface area contributed by atoms with Gasteiger partial charge in [-0.3, -0.25) is 0 Å². The molecule has 1 rings (SSSR count). The minimum Gasteiger partial charge on any atom is -0.409 e. The van der Waals surface area contributed by atoms with E-state index in [2.05, 4.69) is 5.16 Å². The summed E-state index contributed by atoms with van der Waals surface area (Å²) in [6, 6.07) is 0. The van der Waals surface area contributed by atoms with Gasteiger partial charge in [-0.2, -0.15) is 0 Å². The molecule has 1 aliphatic rings. The monoisotopic (exact) mass is 244 g/mol. The van der Waals surface area contributed by atoms with Crippen LogP contribution in [0.2, 0.25) is 0 Å². The molecule has 0 aromatic heterocycles. The Morgan fingerprint density at radius 2 is 2.29 bits per heavy atom. The van der Waals surface area contributed by atoms with Crippen LogP contribution in [0.3, 0.4) is 0 Å². The summed E-state index contributed by atoms with van der Waals surface area (Å²) >= 11 is 0. The lowest BCUT2D eigenvalue weighted by atomic mass is 9.88. The van der Waals surface area contributed by atoms with Crippen molar-refractivity contribution >= 4 is 5.84 Å². The SMILES string of the molecule is CC(C)(CCOCC1CCCCO1)C(N)=NO. The standard InChI is InChI=1S/C12H24N2O3/c1-12(2,11(13)14-15)6-8-16-9-10-5-3-4-7-17-10/h10,15H,3-9H2,1-2H3,(H2,13,14). The highest BCUT2D eigenvalue weighted by Gasteiger charge is 2.23. The molecule has 1 heterocycles. The summed E-state index contributed by atoms with van der Waals surface area (Å²) in [4.78, 5) is 0. The minimum absolute atomic E-state index is 0.245. The molecule has 1 saturated heterocycles. The third-order valence-corrected chi connectivity index (χ3v) is 3.25. The van der Waals surface area contributed by atoms with Gasteiger partial charge in [-0.1, -0.05) is 19.0 Å². The Morgan fingerprint density at radius 3 is 2.88 bits per heavy atom. The molecule has 0 spiro atoms. The van der Waals surface area contributed by atoms with Gasteiger partial charge < -0.3 is 20.4 Å². The second-order valence-electron chi connectivity index (χ2n) is 5.18. The number of rotatable bonds is 6. The molecule has 0 aromatic rings. The number of hydrogen-bond acceptors (Lipinski definition) is 4. The van der Waals surface area contributed by atoms with Crippen molar-refractivity contribution in [3.8, 4) is 0 Å². The molecule has 5 heteroatoms. The van der Waals surface area contributed by atoms with Crippen molar-refractivity contribution in [2.75, 3.05) is 19.8 Å². The molecule has 3 N–H and O–H groups in total. The summed E-state index contributed by atoms with van der Waals surface area (Å²) in [7, 11) is 0. The number of amidine groups is 1. The average Bonchev–Trinajstić information content (AvgIpc) is 2.35. The zero-order chi connectivity index (χ0) is 12.7. The maximum atomic E-state index is 8.63. The largest absolute Gasteiger partial charge is 0.409 e. The maximum Gasteiger partial charge on any atom is 0.144 e. The van der Waals surface area contributed by atoms with E-state index in [0.717, 1.165) is 25.9 Å². The van der Waals surface area contributed by atoms with E-state index in [9.17, 15) is 0 Å². The van der Waals surface area contributed by atoms with Gasteiger partial charge in [0.2, 0.25) is 0 Å². The van der Waals surface area contributed by atoms with E-state index in [4.69, 9.17) is 20.4 Å². The molecule has 0 aromatic carbocycles. The van der Waals surface area contributed by atoms with E-state index < -0.39 is 0 Å². The van der Waals surface area contributed by atoms with Gasteiger partial charge >= 0.3 is 0 Å². The van der Waals surface area contributed by atoms with E-state index >= 15 is 0 Å². The Labute approximate surface area is 103 Å².